The van der Waals surface area contributed by atoms with Crippen LogP contribution in [0.3, 0.4) is 0 Å². The molecule has 1 aromatic rings. The van der Waals surface area contributed by atoms with Crippen molar-refractivity contribution in [1.82, 2.24) is 0 Å². The van der Waals surface area contributed by atoms with Gasteiger partial charge in [0.15, 0.2) is 9.84 Å². The molecule has 1 unspecified atom stereocenters. The number of aliphatic hydroxyl groups is 1. The molecule has 1 rings (SSSR count). The first-order valence-electron chi connectivity index (χ1n) is 6.00. The molecule has 1 aromatic carbocycles. The number of hydrogen-bond donors (Lipinski definition) is 1. The maximum Gasteiger partial charge on any atom is 0.155 e. The van der Waals surface area contributed by atoms with Crippen molar-refractivity contribution in [3.63, 3.8) is 0 Å². The third-order valence-electron chi connectivity index (χ3n) is 2.92. The van der Waals surface area contributed by atoms with Gasteiger partial charge in [0.05, 0.1) is 17.1 Å². The first-order valence-corrected chi connectivity index (χ1v) is 7.65. The van der Waals surface area contributed by atoms with Gasteiger partial charge in [-0.2, -0.15) is 0 Å². The standard InChI is InChI=1S/C14H21O3S/c1-14(2,3)18(16,17)11-13(10-15)9-12-7-5-4-6-8-12/h4-8,10,13,15H,9,11H2,1-3H3. The highest BCUT2D eigenvalue weighted by Crippen LogP contribution is 2.21. The van der Waals surface area contributed by atoms with E-state index in [1.807, 2.05) is 30.3 Å². The summed E-state index contributed by atoms with van der Waals surface area (Å²) in [6.45, 7) is 6.04. The Hall–Kier alpha value is -0.870. The number of hydrogen-bond acceptors (Lipinski definition) is 3. The van der Waals surface area contributed by atoms with Crippen LogP contribution < -0.4 is 0 Å². The van der Waals surface area contributed by atoms with E-state index in [1.54, 1.807) is 20.8 Å². The van der Waals surface area contributed by atoms with Crippen LogP contribution in [0.5, 0.6) is 0 Å². The Balaban J connectivity index is 2.75. The highest BCUT2D eigenvalue weighted by molar-refractivity contribution is 7.92. The lowest BCUT2D eigenvalue weighted by atomic mass is 10.0. The smallest absolute Gasteiger partial charge is 0.155 e. The largest absolute Gasteiger partial charge is 0.390 e. The molecule has 0 aliphatic rings. The van der Waals surface area contributed by atoms with Gasteiger partial charge in [0.1, 0.15) is 0 Å². The number of rotatable bonds is 5. The van der Waals surface area contributed by atoms with Crippen LogP contribution in [-0.4, -0.2) is 24.0 Å². The average Bonchev–Trinajstić information content (AvgIpc) is 2.27. The van der Waals surface area contributed by atoms with Crippen LogP contribution in [0.2, 0.25) is 0 Å². The van der Waals surface area contributed by atoms with Gasteiger partial charge in [-0.15, -0.1) is 0 Å². The normalized spacial score (nSPS) is 14.4. The molecule has 0 fully saturated rings. The summed E-state index contributed by atoms with van der Waals surface area (Å²) in [4.78, 5) is 0. The van der Waals surface area contributed by atoms with E-state index in [0.29, 0.717) is 6.42 Å². The van der Waals surface area contributed by atoms with Gasteiger partial charge in [-0.25, -0.2) is 8.42 Å². The first-order chi connectivity index (χ1) is 8.26. The minimum absolute atomic E-state index is 0.0259. The number of sulfone groups is 1. The fourth-order valence-corrected chi connectivity index (χ4v) is 2.87. The van der Waals surface area contributed by atoms with Gasteiger partial charge in [-0.05, 0) is 32.8 Å². The van der Waals surface area contributed by atoms with Crippen molar-refractivity contribution < 1.29 is 13.5 Å². The second-order valence-electron chi connectivity index (χ2n) is 5.49. The van der Waals surface area contributed by atoms with E-state index in [1.165, 1.54) is 0 Å². The van der Waals surface area contributed by atoms with Crippen LogP contribution in [0.15, 0.2) is 30.3 Å². The molecule has 18 heavy (non-hydrogen) atoms. The second kappa shape index (κ2) is 5.85. The molecular formula is C14H21O3S. The molecule has 101 valence electrons. The third-order valence-corrected chi connectivity index (χ3v) is 5.65. The molecule has 0 aliphatic carbocycles. The van der Waals surface area contributed by atoms with Crippen molar-refractivity contribution in [3.05, 3.63) is 42.5 Å². The van der Waals surface area contributed by atoms with Crippen LogP contribution in [0.25, 0.3) is 0 Å². The maximum absolute atomic E-state index is 12.1. The zero-order valence-corrected chi connectivity index (χ0v) is 11.9. The highest BCUT2D eigenvalue weighted by Gasteiger charge is 2.31. The lowest BCUT2D eigenvalue weighted by molar-refractivity contribution is 0.325. The zero-order valence-electron chi connectivity index (χ0n) is 11.1. The van der Waals surface area contributed by atoms with Gasteiger partial charge < -0.3 is 5.11 Å². The quantitative estimate of drug-likeness (QED) is 0.894. The number of aliphatic hydroxyl groups excluding tert-OH is 1. The van der Waals surface area contributed by atoms with Gasteiger partial charge in [-0.3, -0.25) is 0 Å². The minimum Gasteiger partial charge on any atom is -0.390 e. The van der Waals surface area contributed by atoms with Gasteiger partial charge in [0.25, 0.3) is 0 Å². The fourth-order valence-electron chi connectivity index (χ4n) is 1.60. The van der Waals surface area contributed by atoms with E-state index in [-0.39, 0.29) is 11.7 Å². The Morgan fingerprint density at radius 3 is 2.22 bits per heavy atom. The molecule has 1 atom stereocenters. The summed E-state index contributed by atoms with van der Waals surface area (Å²) < 4.78 is 23.4. The van der Waals surface area contributed by atoms with E-state index in [0.717, 1.165) is 12.2 Å². The molecule has 1 N–H and O–H groups in total. The molecule has 1 radical (unpaired) electrons. The van der Waals surface area contributed by atoms with E-state index in [2.05, 4.69) is 0 Å². The van der Waals surface area contributed by atoms with Crippen molar-refractivity contribution in [1.29, 1.82) is 0 Å². The van der Waals surface area contributed by atoms with E-state index in [4.69, 9.17) is 0 Å². The van der Waals surface area contributed by atoms with Crippen LogP contribution in [0.4, 0.5) is 0 Å². The summed E-state index contributed by atoms with van der Waals surface area (Å²) in [5.41, 5.74) is 1.02. The summed E-state index contributed by atoms with van der Waals surface area (Å²) in [6, 6.07) is 9.58. The summed E-state index contributed by atoms with van der Waals surface area (Å²) >= 11 is 0. The van der Waals surface area contributed by atoms with Crippen LogP contribution >= 0.6 is 0 Å². The van der Waals surface area contributed by atoms with Gasteiger partial charge in [0.2, 0.25) is 0 Å². The molecule has 4 heteroatoms. The van der Waals surface area contributed by atoms with Crippen LogP contribution in [0, 0.1) is 12.5 Å². The Labute approximate surface area is 110 Å². The molecule has 3 nitrogen and oxygen atoms in total. The molecular weight excluding hydrogens is 248 g/mol. The molecule has 0 saturated heterocycles. The van der Waals surface area contributed by atoms with Crippen molar-refractivity contribution in [2.24, 2.45) is 5.92 Å². The Bertz CT molecular complexity index is 458. The first kappa shape index (κ1) is 15.2. The van der Waals surface area contributed by atoms with E-state index < -0.39 is 14.6 Å². The van der Waals surface area contributed by atoms with Crippen molar-refractivity contribution in [2.75, 3.05) is 5.75 Å². The molecule has 0 heterocycles. The average molecular weight is 269 g/mol. The third kappa shape index (κ3) is 4.10. The Morgan fingerprint density at radius 1 is 1.22 bits per heavy atom. The lowest BCUT2D eigenvalue weighted by Gasteiger charge is -2.22. The van der Waals surface area contributed by atoms with Crippen molar-refractivity contribution in [3.8, 4) is 0 Å². The predicted octanol–water partition coefficient (Wildman–Crippen LogP) is 2.59. The van der Waals surface area contributed by atoms with Crippen molar-refractivity contribution in [2.45, 2.75) is 31.9 Å². The predicted molar refractivity (Wildman–Crippen MR) is 73.4 cm³/mol. The topological polar surface area (TPSA) is 54.4 Å². The van der Waals surface area contributed by atoms with E-state index in [9.17, 15) is 13.5 Å². The van der Waals surface area contributed by atoms with Gasteiger partial charge in [0, 0.05) is 5.92 Å². The minimum atomic E-state index is -3.22. The fraction of sp³-hybridized carbons (Fsp3) is 0.500. The molecule has 0 bridgehead atoms. The summed E-state index contributed by atoms with van der Waals surface area (Å²) in [7, 11) is -3.22. The Morgan fingerprint density at radius 2 is 1.78 bits per heavy atom. The molecule has 0 aliphatic heterocycles. The molecule has 0 saturated carbocycles. The highest BCUT2D eigenvalue weighted by atomic mass is 32.2. The van der Waals surface area contributed by atoms with E-state index >= 15 is 0 Å². The van der Waals surface area contributed by atoms with Gasteiger partial charge in [-0.1, -0.05) is 30.3 Å². The maximum atomic E-state index is 12.1. The summed E-state index contributed by atoms with van der Waals surface area (Å²) in [6.07, 6.45) is 0.534. The molecule has 0 aromatic heterocycles. The Kier molecular flexibility index (Phi) is 4.93. The van der Waals surface area contributed by atoms with Crippen molar-refractivity contribution >= 4 is 9.84 Å². The monoisotopic (exact) mass is 269 g/mol. The van der Waals surface area contributed by atoms with Crippen LogP contribution in [0.1, 0.15) is 26.3 Å². The van der Waals surface area contributed by atoms with Gasteiger partial charge >= 0.3 is 0 Å². The molecule has 0 amide bonds. The summed E-state index contributed by atoms with van der Waals surface area (Å²) in [5, 5.41) is 9.23. The zero-order chi connectivity index (χ0) is 13.8. The molecule has 0 spiro atoms. The summed E-state index contributed by atoms with van der Waals surface area (Å²) in [5.74, 6) is -0.390. The lowest BCUT2D eigenvalue weighted by Crippen LogP contribution is -2.34. The second-order valence-corrected chi connectivity index (χ2v) is 8.28. The SMILES string of the molecule is CC(C)(C)S(=O)(=O)CC([CH]O)Cc1ccccc1. The van der Waals surface area contributed by atoms with Crippen LogP contribution in [-0.2, 0) is 16.3 Å². The number of benzene rings is 1.